The number of aliphatic hydroxyl groups excluding tert-OH is 1. The van der Waals surface area contributed by atoms with Crippen molar-refractivity contribution in [2.75, 3.05) is 0 Å². The Kier molecular flexibility index (Phi) is 2.66. The van der Waals surface area contributed by atoms with Gasteiger partial charge in [-0.3, -0.25) is 0 Å². The Labute approximate surface area is 97.6 Å². The van der Waals surface area contributed by atoms with Gasteiger partial charge in [-0.05, 0) is 36.4 Å². The predicted octanol–water partition coefficient (Wildman–Crippen LogP) is 1.84. The fraction of sp³-hybridized carbons (Fsp3) is 0.800. The van der Waals surface area contributed by atoms with Gasteiger partial charge in [0.1, 0.15) is 12.2 Å². The Morgan fingerprint density at radius 3 is 2.71 bits per heavy atom. The maximum Gasteiger partial charge on any atom is 0.164 e. The van der Waals surface area contributed by atoms with Gasteiger partial charge in [-0.2, -0.15) is 0 Å². The molecule has 0 aromatic carbocycles. The van der Waals surface area contributed by atoms with Crippen molar-refractivity contribution in [3.05, 3.63) is 9.66 Å². The quantitative estimate of drug-likeness (QED) is 0.694. The lowest BCUT2D eigenvalue weighted by molar-refractivity contribution is -0.154. The standard InChI is InChI=1S/C10H15IO3/c1-5-4-6(11)8-9(7(5)12)14-10(2,3)13-8/h4-5,7-9,12H,1-3H3/t5-,7+,8+,9-/m0/s1. The summed E-state index contributed by atoms with van der Waals surface area (Å²) in [5, 5.41) is 9.94. The van der Waals surface area contributed by atoms with Crippen LogP contribution in [0, 0.1) is 5.92 Å². The molecule has 4 heteroatoms. The molecule has 0 radical (unpaired) electrons. The molecule has 1 N–H and O–H groups in total. The Morgan fingerprint density at radius 1 is 1.43 bits per heavy atom. The molecule has 0 saturated carbocycles. The van der Waals surface area contributed by atoms with E-state index in [1.165, 1.54) is 0 Å². The van der Waals surface area contributed by atoms with Gasteiger partial charge in [0.25, 0.3) is 0 Å². The van der Waals surface area contributed by atoms with Gasteiger partial charge in [-0.15, -0.1) is 0 Å². The second-order valence-corrected chi connectivity index (χ2v) is 5.67. The summed E-state index contributed by atoms with van der Waals surface area (Å²) >= 11 is 2.26. The second kappa shape index (κ2) is 3.43. The van der Waals surface area contributed by atoms with Gasteiger partial charge in [-0.25, -0.2) is 0 Å². The first-order valence-electron chi connectivity index (χ1n) is 4.81. The van der Waals surface area contributed by atoms with Gasteiger partial charge in [-0.1, -0.05) is 13.0 Å². The van der Waals surface area contributed by atoms with Gasteiger partial charge >= 0.3 is 0 Å². The fourth-order valence-corrected chi connectivity index (χ4v) is 3.04. The van der Waals surface area contributed by atoms with E-state index in [2.05, 4.69) is 28.7 Å². The lowest BCUT2D eigenvalue weighted by Crippen LogP contribution is -2.42. The highest BCUT2D eigenvalue weighted by molar-refractivity contribution is 14.1. The van der Waals surface area contributed by atoms with E-state index < -0.39 is 11.9 Å². The van der Waals surface area contributed by atoms with Crippen molar-refractivity contribution in [2.45, 2.75) is 44.9 Å². The lowest BCUT2D eigenvalue weighted by atomic mass is 9.90. The number of fused-ring (bicyclic) bond motifs is 1. The molecule has 0 aromatic heterocycles. The number of rotatable bonds is 0. The minimum atomic E-state index is -0.579. The van der Waals surface area contributed by atoms with Crippen LogP contribution in [0.3, 0.4) is 0 Å². The Morgan fingerprint density at radius 2 is 2.07 bits per heavy atom. The zero-order valence-corrected chi connectivity index (χ0v) is 10.7. The van der Waals surface area contributed by atoms with E-state index in [-0.39, 0.29) is 18.1 Å². The first kappa shape index (κ1) is 10.9. The third kappa shape index (κ3) is 1.73. The molecule has 0 spiro atoms. The van der Waals surface area contributed by atoms with Crippen LogP contribution in [0.4, 0.5) is 0 Å². The third-order valence-corrected chi connectivity index (χ3v) is 3.67. The third-order valence-electron chi connectivity index (χ3n) is 2.70. The SMILES string of the molecule is C[C@H]1C=C(I)[C@H]2OC(C)(C)O[C@H]2[C@@H]1O. The van der Waals surface area contributed by atoms with E-state index in [1.807, 2.05) is 20.8 Å². The zero-order valence-electron chi connectivity index (χ0n) is 8.53. The molecule has 1 aliphatic carbocycles. The highest BCUT2D eigenvalue weighted by Gasteiger charge is 2.49. The van der Waals surface area contributed by atoms with Crippen LogP contribution < -0.4 is 0 Å². The van der Waals surface area contributed by atoms with Crippen LogP contribution in [0.25, 0.3) is 0 Å². The smallest absolute Gasteiger partial charge is 0.164 e. The molecular formula is C10H15IO3. The summed E-state index contributed by atoms with van der Waals surface area (Å²) in [4.78, 5) is 0. The molecule has 1 aliphatic heterocycles. The number of hydrogen-bond donors (Lipinski definition) is 1. The summed E-state index contributed by atoms with van der Waals surface area (Å²) in [7, 11) is 0. The molecule has 4 atom stereocenters. The van der Waals surface area contributed by atoms with E-state index in [1.54, 1.807) is 0 Å². The molecule has 2 rings (SSSR count). The lowest BCUT2D eigenvalue weighted by Gasteiger charge is -2.30. The minimum absolute atomic E-state index is 0.0863. The van der Waals surface area contributed by atoms with Crippen molar-refractivity contribution in [3.8, 4) is 0 Å². The van der Waals surface area contributed by atoms with Crippen LogP contribution >= 0.6 is 22.6 Å². The predicted molar refractivity (Wildman–Crippen MR) is 61.1 cm³/mol. The molecule has 14 heavy (non-hydrogen) atoms. The largest absolute Gasteiger partial charge is 0.390 e. The van der Waals surface area contributed by atoms with Gasteiger partial charge < -0.3 is 14.6 Å². The monoisotopic (exact) mass is 310 g/mol. The molecule has 1 fully saturated rings. The number of hydrogen-bond acceptors (Lipinski definition) is 3. The average Bonchev–Trinajstić information content (AvgIpc) is 2.38. The zero-order chi connectivity index (χ0) is 10.5. The van der Waals surface area contributed by atoms with Crippen LogP contribution in [0.2, 0.25) is 0 Å². The van der Waals surface area contributed by atoms with Crippen molar-refractivity contribution in [1.29, 1.82) is 0 Å². The highest BCUT2D eigenvalue weighted by atomic mass is 127. The van der Waals surface area contributed by atoms with Crippen molar-refractivity contribution in [2.24, 2.45) is 5.92 Å². The summed E-state index contributed by atoms with van der Waals surface area (Å²) < 4.78 is 12.5. The highest BCUT2D eigenvalue weighted by Crippen LogP contribution is 2.41. The summed E-state index contributed by atoms with van der Waals surface area (Å²) in [6.45, 7) is 5.76. The van der Waals surface area contributed by atoms with Crippen LogP contribution in [-0.4, -0.2) is 29.2 Å². The van der Waals surface area contributed by atoms with E-state index in [9.17, 15) is 5.11 Å². The molecule has 0 bridgehead atoms. The van der Waals surface area contributed by atoms with Crippen LogP contribution in [0.5, 0.6) is 0 Å². The van der Waals surface area contributed by atoms with Crippen molar-refractivity contribution >= 4 is 22.6 Å². The van der Waals surface area contributed by atoms with E-state index in [0.717, 1.165) is 3.58 Å². The Bertz CT molecular complexity index is 275. The molecule has 2 aliphatic rings. The summed E-state index contributed by atoms with van der Waals surface area (Å²) in [6.07, 6.45) is 1.30. The topological polar surface area (TPSA) is 38.7 Å². The van der Waals surface area contributed by atoms with Gasteiger partial charge in [0.05, 0.1) is 6.10 Å². The molecule has 3 nitrogen and oxygen atoms in total. The van der Waals surface area contributed by atoms with Gasteiger partial charge in [0.15, 0.2) is 5.79 Å². The van der Waals surface area contributed by atoms with Crippen LogP contribution in [-0.2, 0) is 9.47 Å². The molecule has 0 amide bonds. The normalized spacial score (nSPS) is 45.9. The maximum absolute atomic E-state index is 9.94. The summed E-state index contributed by atoms with van der Waals surface area (Å²) in [5.41, 5.74) is 0. The van der Waals surface area contributed by atoms with Gasteiger partial charge in [0, 0.05) is 9.50 Å². The van der Waals surface area contributed by atoms with E-state index in [4.69, 9.17) is 9.47 Å². The summed E-state index contributed by atoms with van der Waals surface area (Å²) in [5.74, 6) is -0.439. The van der Waals surface area contributed by atoms with Crippen molar-refractivity contribution in [3.63, 3.8) is 0 Å². The molecule has 1 saturated heterocycles. The number of halogens is 1. The maximum atomic E-state index is 9.94. The first-order chi connectivity index (χ1) is 6.41. The molecule has 0 aromatic rings. The molecule has 80 valence electrons. The molecule has 0 unspecified atom stereocenters. The van der Waals surface area contributed by atoms with Gasteiger partial charge in [0.2, 0.25) is 0 Å². The van der Waals surface area contributed by atoms with Crippen molar-refractivity contribution < 1.29 is 14.6 Å². The fourth-order valence-electron chi connectivity index (χ4n) is 2.00. The second-order valence-electron chi connectivity index (χ2n) is 4.42. The average molecular weight is 310 g/mol. The van der Waals surface area contributed by atoms with Crippen molar-refractivity contribution in [1.82, 2.24) is 0 Å². The van der Waals surface area contributed by atoms with Crippen LogP contribution in [0.1, 0.15) is 20.8 Å². The molecular weight excluding hydrogens is 295 g/mol. The Balaban J connectivity index is 2.27. The first-order valence-corrected chi connectivity index (χ1v) is 5.89. The minimum Gasteiger partial charge on any atom is -0.390 e. The number of aliphatic hydroxyl groups is 1. The van der Waals surface area contributed by atoms with E-state index in [0.29, 0.717) is 0 Å². The summed E-state index contributed by atoms with van der Waals surface area (Å²) in [6, 6.07) is 0. The molecule has 1 heterocycles. The van der Waals surface area contributed by atoms with Crippen LogP contribution in [0.15, 0.2) is 9.66 Å². The van der Waals surface area contributed by atoms with E-state index >= 15 is 0 Å². The Hall–Kier alpha value is 0.350. The number of ether oxygens (including phenoxy) is 2.